The molecule has 110 valence electrons. The first-order chi connectivity index (χ1) is 9.28. The predicted molar refractivity (Wildman–Crippen MR) is 69.3 cm³/mol. The lowest BCUT2D eigenvalue weighted by Crippen LogP contribution is -2.62. The number of methoxy groups -OCH3 is 1. The van der Waals surface area contributed by atoms with Crippen LogP contribution in [0.1, 0.15) is 28.4 Å². The first-order valence-electron chi connectivity index (χ1n) is 5.68. The number of rotatable bonds is 6. The topological polar surface area (TPSA) is 151 Å². The van der Waals surface area contributed by atoms with Crippen molar-refractivity contribution in [3.8, 4) is 5.75 Å². The Balaban J connectivity index is 3.22. The third kappa shape index (κ3) is 4.28. The fourth-order valence-corrected chi connectivity index (χ4v) is 1.56. The Hall–Kier alpha value is -2.00. The molecular weight excluding hydrogens is 266 g/mol. The normalized spacial score (nSPS) is 12.7. The highest BCUT2D eigenvalue weighted by Crippen LogP contribution is 2.29. The number of esters is 1. The number of carbonyl (C=O) groups is 2. The summed E-state index contributed by atoms with van der Waals surface area (Å²) in [6.07, 6.45) is -0.845. The van der Waals surface area contributed by atoms with Crippen molar-refractivity contribution < 1.29 is 24.2 Å². The largest absolute Gasteiger partial charge is 0.465 e. The van der Waals surface area contributed by atoms with E-state index in [9.17, 15) is 14.7 Å². The van der Waals surface area contributed by atoms with E-state index in [2.05, 4.69) is 4.74 Å². The van der Waals surface area contributed by atoms with Crippen LogP contribution in [0.5, 0.6) is 5.75 Å². The minimum atomic E-state index is -1.96. The van der Waals surface area contributed by atoms with Crippen LogP contribution in [0, 0.1) is 0 Å². The molecule has 0 aliphatic heterocycles. The summed E-state index contributed by atoms with van der Waals surface area (Å²) in [4.78, 5) is 21.9. The first kappa shape index (κ1) is 16.1. The van der Waals surface area contributed by atoms with Crippen molar-refractivity contribution in [3.63, 3.8) is 0 Å². The third-order valence-electron chi connectivity index (χ3n) is 2.40. The first-order valence-corrected chi connectivity index (χ1v) is 5.68. The van der Waals surface area contributed by atoms with Crippen LogP contribution in [0.25, 0.3) is 0 Å². The van der Waals surface area contributed by atoms with Gasteiger partial charge in [-0.15, -0.1) is 0 Å². The molecule has 0 spiro atoms. The molecule has 1 aromatic carbocycles. The number of aliphatic hydroxyl groups excluding tert-OH is 1. The number of ether oxygens (including phenoxy) is 2. The van der Waals surface area contributed by atoms with E-state index in [0.29, 0.717) is 6.29 Å². The van der Waals surface area contributed by atoms with E-state index in [0.717, 1.165) is 0 Å². The third-order valence-corrected chi connectivity index (χ3v) is 2.40. The summed E-state index contributed by atoms with van der Waals surface area (Å²) in [7, 11) is 1.22. The zero-order valence-electron chi connectivity index (χ0n) is 10.9. The van der Waals surface area contributed by atoms with Crippen molar-refractivity contribution in [3.05, 3.63) is 29.3 Å². The van der Waals surface area contributed by atoms with Gasteiger partial charge in [-0.1, -0.05) is 0 Å². The molecule has 0 fully saturated rings. The number of aldehydes is 1. The summed E-state index contributed by atoms with van der Waals surface area (Å²) < 4.78 is 9.64. The van der Waals surface area contributed by atoms with E-state index >= 15 is 0 Å². The van der Waals surface area contributed by atoms with Gasteiger partial charge < -0.3 is 19.4 Å². The molecule has 0 bridgehead atoms. The van der Waals surface area contributed by atoms with Gasteiger partial charge in [0, 0.05) is 12.0 Å². The maximum Gasteiger partial charge on any atom is 0.337 e. The van der Waals surface area contributed by atoms with E-state index in [1.165, 1.54) is 25.3 Å². The Morgan fingerprint density at radius 1 is 1.45 bits per heavy atom. The van der Waals surface area contributed by atoms with E-state index in [4.69, 9.17) is 21.9 Å². The SMILES string of the molecule is COC(=O)c1ccc(OC(N)(N)N)c(C(O)CC=O)c1. The summed E-state index contributed by atoms with van der Waals surface area (Å²) in [5, 5.41) is 9.89. The molecule has 0 aliphatic rings. The quantitative estimate of drug-likeness (QED) is 0.293. The van der Waals surface area contributed by atoms with Crippen LogP contribution in [0.4, 0.5) is 0 Å². The maximum absolute atomic E-state index is 11.5. The van der Waals surface area contributed by atoms with E-state index in [1.807, 2.05) is 0 Å². The van der Waals surface area contributed by atoms with Gasteiger partial charge in [-0.2, -0.15) is 0 Å². The summed E-state index contributed by atoms with van der Waals surface area (Å²) in [6.45, 7) is 0. The molecule has 20 heavy (non-hydrogen) atoms. The van der Waals surface area contributed by atoms with Gasteiger partial charge in [-0.3, -0.25) is 17.2 Å². The van der Waals surface area contributed by atoms with Gasteiger partial charge in [0.05, 0.1) is 18.8 Å². The molecule has 7 N–H and O–H groups in total. The number of benzene rings is 1. The highest BCUT2D eigenvalue weighted by molar-refractivity contribution is 5.89. The number of hydrogen-bond acceptors (Lipinski definition) is 8. The van der Waals surface area contributed by atoms with Crippen LogP contribution < -0.4 is 21.9 Å². The van der Waals surface area contributed by atoms with Gasteiger partial charge in [-0.25, -0.2) is 4.79 Å². The molecule has 8 heteroatoms. The van der Waals surface area contributed by atoms with Gasteiger partial charge in [-0.05, 0) is 18.2 Å². The molecule has 1 aromatic rings. The minimum Gasteiger partial charge on any atom is -0.465 e. The standard InChI is InChI=1S/C12H17N3O5/c1-19-11(18)7-2-3-10(20-12(13,14)15)8(6-7)9(17)4-5-16/h2-3,5-6,9,17H,4,13-15H2,1H3. The molecule has 0 saturated heterocycles. The average molecular weight is 283 g/mol. The predicted octanol–water partition coefficient (Wildman–Crippen LogP) is -1.04. The van der Waals surface area contributed by atoms with Gasteiger partial charge in [0.1, 0.15) is 12.0 Å². The van der Waals surface area contributed by atoms with Crippen LogP contribution in [0.3, 0.4) is 0 Å². The van der Waals surface area contributed by atoms with E-state index in [1.54, 1.807) is 0 Å². The van der Waals surface area contributed by atoms with E-state index in [-0.39, 0.29) is 23.3 Å². The number of aliphatic hydroxyl groups is 1. The number of nitrogens with two attached hydrogens (primary N) is 3. The lowest BCUT2D eigenvalue weighted by molar-refractivity contribution is -0.109. The number of carbonyl (C=O) groups excluding carboxylic acids is 2. The molecule has 1 atom stereocenters. The van der Waals surface area contributed by atoms with Gasteiger partial charge in [0.15, 0.2) is 0 Å². The molecule has 1 unspecified atom stereocenters. The van der Waals surface area contributed by atoms with Crippen molar-refractivity contribution in [1.29, 1.82) is 0 Å². The fraction of sp³-hybridized carbons (Fsp3) is 0.333. The maximum atomic E-state index is 11.5. The summed E-state index contributed by atoms with van der Waals surface area (Å²) in [5.41, 5.74) is 16.3. The average Bonchev–Trinajstić information content (AvgIpc) is 2.36. The molecule has 0 radical (unpaired) electrons. The van der Waals surface area contributed by atoms with Gasteiger partial charge in [0.25, 0.3) is 5.97 Å². The zero-order valence-corrected chi connectivity index (χ0v) is 10.9. The van der Waals surface area contributed by atoms with Crippen molar-refractivity contribution in [2.24, 2.45) is 17.2 Å². The molecule has 0 heterocycles. The highest BCUT2D eigenvalue weighted by atomic mass is 16.5. The van der Waals surface area contributed by atoms with Crippen molar-refractivity contribution >= 4 is 12.3 Å². The van der Waals surface area contributed by atoms with Crippen LogP contribution >= 0.6 is 0 Å². The Morgan fingerprint density at radius 2 is 2.10 bits per heavy atom. The lowest BCUT2D eigenvalue weighted by Gasteiger charge is -2.23. The van der Waals surface area contributed by atoms with Crippen LogP contribution in [-0.2, 0) is 9.53 Å². The van der Waals surface area contributed by atoms with Crippen molar-refractivity contribution in [2.75, 3.05) is 7.11 Å². The van der Waals surface area contributed by atoms with Crippen LogP contribution in [0.15, 0.2) is 18.2 Å². The summed E-state index contributed by atoms with van der Waals surface area (Å²) in [6, 6.07) is 4.07. The molecule has 0 aromatic heterocycles. The van der Waals surface area contributed by atoms with Crippen molar-refractivity contribution in [1.82, 2.24) is 0 Å². The molecule has 1 rings (SSSR count). The summed E-state index contributed by atoms with van der Waals surface area (Å²) >= 11 is 0. The fourth-order valence-electron chi connectivity index (χ4n) is 1.56. The Labute approximate surface area is 115 Å². The highest BCUT2D eigenvalue weighted by Gasteiger charge is 2.21. The van der Waals surface area contributed by atoms with E-state index < -0.39 is 18.0 Å². The zero-order chi connectivity index (χ0) is 15.3. The van der Waals surface area contributed by atoms with Crippen molar-refractivity contribution in [2.45, 2.75) is 18.5 Å². The molecular formula is C12H17N3O5. The second-order valence-electron chi connectivity index (χ2n) is 4.12. The second-order valence-corrected chi connectivity index (χ2v) is 4.12. The second kappa shape index (κ2) is 6.44. The monoisotopic (exact) mass is 283 g/mol. The molecule has 0 amide bonds. The lowest BCUT2D eigenvalue weighted by atomic mass is 10.0. The Kier molecular flexibility index (Phi) is 5.17. The molecule has 0 aliphatic carbocycles. The molecule has 8 nitrogen and oxygen atoms in total. The summed E-state index contributed by atoms with van der Waals surface area (Å²) in [5.74, 6) is -2.49. The smallest absolute Gasteiger partial charge is 0.337 e. The minimum absolute atomic E-state index is 0.0690. The van der Waals surface area contributed by atoms with Gasteiger partial charge in [0.2, 0.25) is 0 Å². The Morgan fingerprint density at radius 3 is 2.60 bits per heavy atom. The van der Waals surface area contributed by atoms with Crippen LogP contribution in [0.2, 0.25) is 0 Å². The van der Waals surface area contributed by atoms with Crippen LogP contribution in [-0.4, -0.2) is 30.4 Å². The molecule has 0 saturated carbocycles. The Bertz CT molecular complexity index is 498. The number of hydrogen-bond donors (Lipinski definition) is 4. The van der Waals surface area contributed by atoms with Gasteiger partial charge >= 0.3 is 5.97 Å².